The smallest absolute Gasteiger partial charge is 0.0541 e. The zero-order chi connectivity index (χ0) is 9.97. The monoisotopic (exact) mass is 198 g/mol. The molecule has 0 amide bonds. The van der Waals surface area contributed by atoms with E-state index in [1.807, 2.05) is 6.92 Å². The second-order valence-electron chi connectivity index (χ2n) is 4.76. The van der Waals surface area contributed by atoms with Gasteiger partial charge in [0.1, 0.15) is 0 Å². The van der Waals surface area contributed by atoms with Crippen LogP contribution in [-0.2, 0) is 0 Å². The molecule has 2 rings (SSSR count). The van der Waals surface area contributed by atoms with Gasteiger partial charge in [0.15, 0.2) is 0 Å². The molecule has 0 aromatic carbocycles. The van der Waals surface area contributed by atoms with Gasteiger partial charge in [-0.15, -0.1) is 0 Å². The Hall–Kier alpha value is -0.120. The predicted octanol–water partition coefficient (Wildman–Crippen LogP) is 0.441. The van der Waals surface area contributed by atoms with Crippen LogP contribution in [0.4, 0.5) is 0 Å². The standard InChI is InChI=1S/C11H22N2O/c1-9(14)10-3-6-13(7-4-10)11-2-5-12-8-11/h9-12,14H,2-8H2,1H3. The summed E-state index contributed by atoms with van der Waals surface area (Å²) in [6.07, 6.45) is 3.54. The van der Waals surface area contributed by atoms with E-state index in [0.29, 0.717) is 5.92 Å². The third-order valence-corrected chi connectivity index (χ3v) is 3.81. The number of hydrogen-bond acceptors (Lipinski definition) is 3. The van der Waals surface area contributed by atoms with E-state index in [9.17, 15) is 5.11 Å². The largest absolute Gasteiger partial charge is 0.393 e. The molecule has 2 fully saturated rings. The first-order valence-electron chi connectivity index (χ1n) is 5.90. The van der Waals surface area contributed by atoms with Crippen molar-refractivity contribution in [2.75, 3.05) is 26.2 Å². The minimum absolute atomic E-state index is 0.112. The number of nitrogens with zero attached hydrogens (tertiary/aromatic N) is 1. The Labute approximate surface area is 86.5 Å². The summed E-state index contributed by atoms with van der Waals surface area (Å²) < 4.78 is 0. The highest BCUT2D eigenvalue weighted by Crippen LogP contribution is 2.23. The molecule has 2 unspecified atom stereocenters. The van der Waals surface area contributed by atoms with Crippen molar-refractivity contribution in [2.45, 2.75) is 38.3 Å². The molecule has 14 heavy (non-hydrogen) atoms. The fraction of sp³-hybridized carbons (Fsp3) is 1.00. The zero-order valence-electron chi connectivity index (χ0n) is 9.08. The van der Waals surface area contributed by atoms with Crippen molar-refractivity contribution in [3.63, 3.8) is 0 Å². The lowest BCUT2D eigenvalue weighted by Gasteiger charge is -2.36. The molecule has 0 aromatic rings. The lowest BCUT2D eigenvalue weighted by Crippen LogP contribution is -2.44. The Bertz CT molecular complexity index is 170. The highest BCUT2D eigenvalue weighted by Gasteiger charge is 2.28. The van der Waals surface area contributed by atoms with Crippen LogP contribution < -0.4 is 5.32 Å². The maximum atomic E-state index is 9.50. The molecule has 0 saturated carbocycles. The Morgan fingerprint density at radius 1 is 1.29 bits per heavy atom. The van der Waals surface area contributed by atoms with Gasteiger partial charge in [-0.1, -0.05) is 0 Å². The van der Waals surface area contributed by atoms with Gasteiger partial charge in [0.2, 0.25) is 0 Å². The molecule has 0 aliphatic carbocycles. The summed E-state index contributed by atoms with van der Waals surface area (Å²) in [7, 11) is 0. The quantitative estimate of drug-likeness (QED) is 0.676. The number of nitrogens with one attached hydrogen (secondary N) is 1. The van der Waals surface area contributed by atoms with Gasteiger partial charge in [-0.2, -0.15) is 0 Å². The number of rotatable bonds is 2. The average Bonchev–Trinajstić information content (AvgIpc) is 2.71. The highest BCUT2D eigenvalue weighted by molar-refractivity contribution is 4.84. The summed E-state index contributed by atoms with van der Waals surface area (Å²) in [4.78, 5) is 2.60. The van der Waals surface area contributed by atoms with Crippen LogP contribution >= 0.6 is 0 Å². The molecule has 2 heterocycles. The highest BCUT2D eigenvalue weighted by atomic mass is 16.3. The van der Waals surface area contributed by atoms with Crippen molar-refractivity contribution in [1.29, 1.82) is 0 Å². The number of piperidine rings is 1. The maximum Gasteiger partial charge on any atom is 0.0541 e. The second-order valence-corrected chi connectivity index (χ2v) is 4.76. The Balaban J connectivity index is 1.77. The molecule has 2 aliphatic rings. The summed E-state index contributed by atoms with van der Waals surface area (Å²) in [6, 6.07) is 0.768. The van der Waals surface area contributed by atoms with E-state index in [0.717, 1.165) is 6.04 Å². The Morgan fingerprint density at radius 2 is 2.00 bits per heavy atom. The molecule has 3 nitrogen and oxygen atoms in total. The first-order valence-corrected chi connectivity index (χ1v) is 5.90. The number of likely N-dealkylation sites (tertiary alicyclic amines) is 1. The van der Waals surface area contributed by atoms with Gasteiger partial charge >= 0.3 is 0 Å². The van der Waals surface area contributed by atoms with E-state index < -0.39 is 0 Å². The minimum Gasteiger partial charge on any atom is -0.393 e. The van der Waals surface area contributed by atoms with Crippen LogP contribution in [-0.4, -0.2) is 48.3 Å². The van der Waals surface area contributed by atoms with Gasteiger partial charge in [0, 0.05) is 12.6 Å². The van der Waals surface area contributed by atoms with Crippen molar-refractivity contribution in [1.82, 2.24) is 10.2 Å². The normalized spacial score (nSPS) is 33.4. The van der Waals surface area contributed by atoms with Crippen LogP contribution in [0.2, 0.25) is 0 Å². The van der Waals surface area contributed by atoms with Crippen LogP contribution in [0.5, 0.6) is 0 Å². The fourth-order valence-electron chi connectivity index (χ4n) is 2.72. The van der Waals surface area contributed by atoms with E-state index in [1.165, 1.54) is 45.4 Å². The van der Waals surface area contributed by atoms with E-state index in [1.54, 1.807) is 0 Å². The minimum atomic E-state index is -0.112. The molecule has 0 spiro atoms. The van der Waals surface area contributed by atoms with Gasteiger partial charge < -0.3 is 10.4 Å². The first-order chi connectivity index (χ1) is 6.77. The molecule has 2 aliphatic heterocycles. The summed E-state index contributed by atoms with van der Waals surface area (Å²) >= 11 is 0. The van der Waals surface area contributed by atoms with Crippen molar-refractivity contribution in [3.05, 3.63) is 0 Å². The molecule has 0 bridgehead atoms. The maximum absolute atomic E-state index is 9.50. The SMILES string of the molecule is CC(O)C1CCN(C2CCNC2)CC1. The van der Waals surface area contributed by atoms with Crippen molar-refractivity contribution < 1.29 is 5.11 Å². The number of aliphatic hydroxyl groups excluding tert-OH is 1. The Kier molecular flexibility index (Phi) is 3.42. The summed E-state index contributed by atoms with van der Waals surface area (Å²) in [5.74, 6) is 0.542. The zero-order valence-corrected chi connectivity index (χ0v) is 9.08. The van der Waals surface area contributed by atoms with Gasteiger partial charge in [-0.25, -0.2) is 0 Å². The first kappa shape index (κ1) is 10.4. The third-order valence-electron chi connectivity index (χ3n) is 3.81. The van der Waals surface area contributed by atoms with Crippen LogP contribution in [0.15, 0.2) is 0 Å². The Morgan fingerprint density at radius 3 is 2.50 bits per heavy atom. The van der Waals surface area contributed by atoms with Crippen molar-refractivity contribution in [2.24, 2.45) is 5.92 Å². The van der Waals surface area contributed by atoms with Gasteiger partial charge in [0.25, 0.3) is 0 Å². The average molecular weight is 198 g/mol. The van der Waals surface area contributed by atoms with Crippen LogP contribution in [0, 0.1) is 5.92 Å². The molecular weight excluding hydrogens is 176 g/mol. The summed E-state index contributed by atoms with van der Waals surface area (Å²) in [5.41, 5.74) is 0. The second kappa shape index (κ2) is 4.60. The summed E-state index contributed by atoms with van der Waals surface area (Å²) in [5, 5.41) is 12.9. The molecular formula is C11H22N2O. The van der Waals surface area contributed by atoms with E-state index in [4.69, 9.17) is 0 Å². The topological polar surface area (TPSA) is 35.5 Å². The lowest BCUT2D eigenvalue weighted by molar-refractivity contribution is 0.0590. The molecule has 0 aromatic heterocycles. The number of hydrogen-bond donors (Lipinski definition) is 2. The van der Waals surface area contributed by atoms with Crippen molar-refractivity contribution >= 4 is 0 Å². The van der Waals surface area contributed by atoms with E-state index in [2.05, 4.69) is 10.2 Å². The van der Waals surface area contributed by atoms with Gasteiger partial charge in [-0.3, -0.25) is 4.90 Å². The molecule has 2 N–H and O–H groups in total. The van der Waals surface area contributed by atoms with Crippen LogP contribution in [0.1, 0.15) is 26.2 Å². The van der Waals surface area contributed by atoms with Gasteiger partial charge in [-0.05, 0) is 51.7 Å². The molecule has 3 heteroatoms. The predicted molar refractivity (Wildman–Crippen MR) is 57.3 cm³/mol. The number of aliphatic hydroxyl groups is 1. The molecule has 0 radical (unpaired) electrons. The lowest BCUT2D eigenvalue weighted by atomic mass is 9.91. The van der Waals surface area contributed by atoms with E-state index in [-0.39, 0.29) is 6.10 Å². The van der Waals surface area contributed by atoms with Gasteiger partial charge in [0.05, 0.1) is 6.10 Å². The molecule has 2 atom stereocenters. The molecule has 2 saturated heterocycles. The fourth-order valence-corrected chi connectivity index (χ4v) is 2.72. The summed E-state index contributed by atoms with van der Waals surface area (Å²) in [6.45, 7) is 6.64. The van der Waals surface area contributed by atoms with Crippen LogP contribution in [0.3, 0.4) is 0 Å². The third kappa shape index (κ3) is 2.27. The molecule has 82 valence electrons. The van der Waals surface area contributed by atoms with E-state index >= 15 is 0 Å². The van der Waals surface area contributed by atoms with Crippen molar-refractivity contribution in [3.8, 4) is 0 Å². The van der Waals surface area contributed by atoms with Crippen LogP contribution in [0.25, 0.3) is 0 Å².